The van der Waals surface area contributed by atoms with Crippen molar-refractivity contribution in [2.75, 3.05) is 11.9 Å². The van der Waals surface area contributed by atoms with E-state index in [1.807, 2.05) is 19.2 Å². The van der Waals surface area contributed by atoms with E-state index in [0.29, 0.717) is 10.1 Å². The van der Waals surface area contributed by atoms with Crippen LogP contribution >= 0.6 is 23.6 Å². The van der Waals surface area contributed by atoms with E-state index in [4.69, 9.17) is 18.0 Å². The summed E-state index contributed by atoms with van der Waals surface area (Å²) in [5, 5.41) is 3.57. The van der Waals surface area contributed by atoms with Crippen molar-refractivity contribution in [3.63, 3.8) is 0 Å². The molecule has 3 heterocycles. The molecule has 1 aliphatic heterocycles. The quantitative estimate of drug-likeness (QED) is 0.703. The van der Waals surface area contributed by atoms with Gasteiger partial charge in [0.15, 0.2) is 5.13 Å². The zero-order chi connectivity index (χ0) is 21.0. The first-order valence-corrected chi connectivity index (χ1v) is 11.1. The average Bonchev–Trinajstić information content (AvgIpc) is 3.12. The molecule has 2 aromatic rings. The fourth-order valence-corrected chi connectivity index (χ4v) is 5.09. The predicted molar refractivity (Wildman–Crippen MR) is 121 cm³/mol. The number of carbonyl (C=O) groups excluding carboxylic acids is 1. The standard InChI is InChI=1S/C21H27N5OS2/c1-12-16(13-5-8-23-15(9-13)20(2,3)4)29-18(24-12)25-19(27)26-11-21(6-7-21)10-14(26)17(22)28/h5,8-9,14H,6-7,10-11H2,1-4H3,(H2,22,28)(H,24,25,27)/t14-/m0/s1. The van der Waals surface area contributed by atoms with Gasteiger partial charge in [-0.25, -0.2) is 9.78 Å². The molecule has 6 nitrogen and oxygen atoms in total. The molecule has 2 aliphatic rings. The molecule has 8 heteroatoms. The van der Waals surface area contributed by atoms with Gasteiger partial charge in [-0.05, 0) is 49.3 Å². The normalized spacial score (nSPS) is 20.1. The van der Waals surface area contributed by atoms with Gasteiger partial charge in [-0.2, -0.15) is 0 Å². The Balaban J connectivity index is 1.54. The van der Waals surface area contributed by atoms with Crippen molar-refractivity contribution < 1.29 is 4.79 Å². The van der Waals surface area contributed by atoms with Gasteiger partial charge in [-0.15, -0.1) is 0 Å². The number of hydrogen-bond acceptors (Lipinski definition) is 5. The van der Waals surface area contributed by atoms with Crippen LogP contribution in [0.15, 0.2) is 18.3 Å². The van der Waals surface area contributed by atoms with E-state index < -0.39 is 0 Å². The van der Waals surface area contributed by atoms with E-state index in [9.17, 15) is 4.79 Å². The van der Waals surface area contributed by atoms with Gasteiger partial charge in [0, 0.05) is 23.9 Å². The monoisotopic (exact) mass is 429 g/mol. The number of carbonyl (C=O) groups is 1. The van der Waals surface area contributed by atoms with Crippen LogP contribution in [0.3, 0.4) is 0 Å². The molecule has 154 valence electrons. The van der Waals surface area contributed by atoms with Crippen molar-refractivity contribution >= 4 is 39.7 Å². The third-order valence-corrected chi connectivity index (χ3v) is 7.25. The molecule has 1 spiro atoms. The zero-order valence-electron chi connectivity index (χ0n) is 17.3. The first-order valence-electron chi connectivity index (χ1n) is 9.89. The summed E-state index contributed by atoms with van der Waals surface area (Å²) in [6.45, 7) is 9.12. The van der Waals surface area contributed by atoms with E-state index in [-0.39, 0.29) is 22.9 Å². The number of rotatable bonds is 3. The summed E-state index contributed by atoms with van der Waals surface area (Å²) in [4.78, 5) is 25.3. The third kappa shape index (κ3) is 4.00. The molecule has 0 unspecified atom stereocenters. The lowest BCUT2D eigenvalue weighted by Crippen LogP contribution is -2.44. The molecule has 2 fully saturated rings. The highest BCUT2D eigenvalue weighted by Gasteiger charge is 2.54. The molecule has 1 atom stereocenters. The van der Waals surface area contributed by atoms with Gasteiger partial charge in [0.25, 0.3) is 0 Å². The lowest BCUT2D eigenvalue weighted by atomic mass is 9.90. The number of aromatic nitrogens is 2. The number of thiocarbonyl (C=S) groups is 1. The number of thiazole rings is 1. The Kier molecular flexibility index (Phi) is 4.90. The Labute approximate surface area is 180 Å². The van der Waals surface area contributed by atoms with Crippen LogP contribution < -0.4 is 11.1 Å². The number of anilines is 1. The second-order valence-electron chi connectivity index (χ2n) is 9.29. The Morgan fingerprint density at radius 3 is 2.76 bits per heavy atom. The average molecular weight is 430 g/mol. The van der Waals surface area contributed by atoms with Gasteiger partial charge in [-0.1, -0.05) is 44.3 Å². The molecule has 1 saturated carbocycles. The van der Waals surface area contributed by atoms with Crippen molar-refractivity contribution in [2.24, 2.45) is 11.1 Å². The van der Waals surface area contributed by atoms with Crippen LogP contribution in [0, 0.1) is 12.3 Å². The molecule has 0 bridgehead atoms. The largest absolute Gasteiger partial charge is 0.392 e. The van der Waals surface area contributed by atoms with Gasteiger partial charge >= 0.3 is 6.03 Å². The second-order valence-corrected chi connectivity index (χ2v) is 10.8. The van der Waals surface area contributed by atoms with Crippen LogP contribution in [0.4, 0.5) is 9.93 Å². The minimum atomic E-state index is -0.169. The summed E-state index contributed by atoms with van der Waals surface area (Å²) >= 11 is 6.70. The number of pyridine rings is 1. The highest BCUT2D eigenvalue weighted by atomic mass is 32.1. The highest BCUT2D eigenvalue weighted by Crippen LogP contribution is 2.54. The first-order chi connectivity index (χ1) is 13.6. The minimum absolute atomic E-state index is 0.0319. The van der Waals surface area contributed by atoms with E-state index in [1.54, 1.807) is 4.90 Å². The molecular weight excluding hydrogens is 402 g/mol. The summed E-state index contributed by atoms with van der Waals surface area (Å²) in [6.07, 6.45) is 5.01. The van der Waals surface area contributed by atoms with Gasteiger partial charge in [-0.3, -0.25) is 10.3 Å². The lowest BCUT2D eigenvalue weighted by Gasteiger charge is -2.23. The molecule has 3 N–H and O–H groups in total. The first kappa shape index (κ1) is 20.2. The predicted octanol–water partition coefficient (Wildman–Crippen LogP) is 4.48. The van der Waals surface area contributed by atoms with Gasteiger partial charge < -0.3 is 10.6 Å². The maximum atomic E-state index is 12.9. The molecular formula is C21H27N5OS2. The van der Waals surface area contributed by atoms with E-state index >= 15 is 0 Å². The molecule has 29 heavy (non-hydrogen) atoms. The van der Waals surface area contributed by atoms with Crippen LogP contribution in [0.5, 0.6) is 0 Å². The number of nitrogens with two attached hydrogens (primary N) is 1. The number of hydrogen-bond donors (Lipinski definition) is 2. The van der Waals surface area contributed by atoms with Gasteiger partial charge in [0.1, 0.15) is 0 Å². The van der Waals surface area contributed by atoms with Crippen molar-refractivity contribution in [2.45, 2.75) is 58.4 Å². The maximum absolute atomic E-state index is 12.9. The number of nitrogens with zero attached hydrogens (tertiary/aromatic N) is 3. The van der Waals surface area contributed by atoms with Crippen molar-refractivity contribution in [3.05, 3.63) is 29.7 Å². The van der Waals surface area contributed by atoms with Gasteiger partial charge in [0.05, 0.1) is 21.6 Å². The fourth-order valence-electron chi connectivity index (χ4n) is 3.93. The Morgan fingerprint density at radius 2 is 2.14 bits per heavy atom. The van der Waals surface area contributed by atoms with E-state index in [0.717, 1.165) is 47.6 Å². The molecule has 4 rings (SSSR count). The number of nitrogens with one attached hydrogen (secondary N) is 1. The number of aryl methyl sites for hydroxylation is 1. The van der Waals surface area contributed by atoms with Crippen LogP contribution in [-0.2, 0) is 5.41 Å². The summed E-state index contributed by atoms with van der Waals surface area (Å²) in [5.74, 6) is 0. The van der Waals surface area contributed by atoms with Crippen LogP contribution in [-0.4, -0.2) is 38.5 Å². The van der Waals surface area contributed by atoms with Crippen LogP contribution in [0.25, 0.3) is 10.4 Å². The Hall–Kier alpha value is -2.06. The summed E-state index contributed by atoms with van der Waals surface area (Å²) < 4.78 is 0. The molecule has 1 saturated heterocycles. The molecule has 1 aliphatic carbocycles. The van der Waals surface area contributed by atoms with E-state index in [1.165, 1.54) is 11.3 Å². The minimum Gasteiger partial charge on any atom is -0.392 e. The Bertz CT molecular complexity index is 974. The second kappa shape index (κ2) is 7.02. The number of amides is 2. The molecule has 2 aromatic heterocycles. The molecule has 2 amide bonds. The Morgan fingerprint density at radius 1 is 1.41 bits per heavy atom. The molecule has 0 radical (unpaired) electrons. The highest BCUT2D eigenvalue weighted by molar-refractivity contribution is 7.80. The lowest BCUT2D eigenvalue weighted by molar-refractivity contribution is 0.215. The van der Waals surface area contributed by atoms with Crippen molar-refractivity contribution in [3.8, 4) is 10.4 Å². The number of likely N-dealkylation sites (tertiary alicyclic amines) is 1. The topological polar surface area (TPSA) is 84.1 Å². The maximum Gasteiger partial charge on any atom is 0.324 e. The van der Waals surface area contributed by atoms with Gasteiger partial charge in [0.2, 0.25) is 0 Å². The number of urea groups is 1. The van der Waals surface area contributed by atoms with Crippen molar-refractivity contribution in [1.29, 1.82) is 0 Å². The van der Waals surface area contributed by atoms with Crippen molar-refractivity contribution in [1.82, 2.24) is 14.9 Å². The fraction of sp³-hybridized carbons (Fsp3) is 0.524. The van der Waals surface area contributed by atoms with Crippen LogP contribution in [0.1, 0.15) is 51.4 Å². The van der Waals surface area contributed by atoms with E-state index in [2.05, 4.69) is 42.1 Å². The summed E-state index contributed by atoms with van der Waals surface area (Å²) in [6, 6.07) is 3.76. The SMILES string of the molecule is Cc1nc(NC(=O)N2CC3(CC3)C[C@H]2C(N)=S)sc1-c1ccnc(C(C)(C)C)c1. The van der Waals surface area contributed by atoms with Crippen LogP contribution in [0.2, 0.25) is 0 Å². The summed E-state index contributed by atoms with van der Waals surface area (Å²) in [7, 11) is 0. The zero-order valence-corrected chi connectivity index (χ0v) is 18.9. The smallest absolute Gasteiger partial charge is 0.324 e. The molecule has 0 aromatic carbocycles. The third-order valence-electron chi connectivity index (χ3n) is 5.86. The summed E-state index contributed by atoms with van der Waals surface area (Å²) in [5.41, 5.74) is 9.10.